The van der Waals surface area contributed by atoms with Gasteiger partial charge in [-0.25, -0.2) is 4.99 Å². The first-order chi connectivity index (χ1) is 13.8. The minimum Gasteiger partial charge on any atom is -0.454 e. The minimum atomic E-state index is -0.0161. The lowest BCUT2D eigenvalue weighted by molar-refractivity contribution is 0.0513. The van der Waals surface area contributed by atoms with E-state index in [9.17, 15) is 0 Å². The molecule has 2 N–H and O–H groups in total. The molecule has 0 spiro atoms. The molecule has 2 aromatic rings. The standard InChI is InChI=1S/C21H27N3O3S/c1-2-22-20(23-12-16-5-10-28-13-16)24-14-21(6-8-25-9-7-21)17-3-4-18-19(11-17)27-15-26-18/h3-5,10-11,13H,2,6-9,12,14-15H2,1H3,(H2,22,23,24). The number of thiophene rings is 1. The molecule has 0 aliphatic carbocycles. The second kappa shape index (κ2) is 8.84. The molecule has 6 nitrogen and oxygen atoms in total. The summed E-state index contributed by atoms with van der Waals surface area (Å²) in [6.45, 7) is 6.22. The summed E-state index contributed by atoms with van der Waals surface area (Å²) in [5.74, 6) is 2.51. The summed E-state index contributed by atoms with van der Waals surface area (Å²) in [4.78, 5) is 4.75. The van der Waals surface area contributed by atoms with Gasteiger partial charge in [0.2, 0.25) is 6.79 Å². The Hall–Kier alpha value is -2.25. The number of hydrogen-bond donors (Lipinski definition) is 2. The summed E-state index contributed by atoms with van der Waals surface area (Å²) in [6.07, 6.45) is 1.92. The molecular weight excluding hydrogens is 374 g/mol. The van der Waals surface area contributed by atoms with Crippen LogP contribution in [0.3, 0.4) is 0 Å². The topological polar surface area (TPSA) is 64.1 Å². The Kier molecular flexibility index (Phi) is 6.02. The fourth-order valence-electron chi connectivity index (χ4n) is 3.70. The van der Waals surface area contributed by atoms with Gasteiger partial charge in [-0.2, -0.15) is 11.3 Å². The molecule has 0 amide bonds. The summed E-state index contributed by atoms with van der Waals surface area (Å²) < 4.78 is 16.8. The maximum absolute atomic E-state index is 5.66. The monoisotopic (exact) mass is 401 g/mol. The molecule has 0 radical (unpaired) electrons. The molecule has 1 aromatic carbocycles. The fraction of sp³-hybridized carbons (Fsp3) is 0.476. The van der Waals surface area contributed by atoms with E-state index in [1.54, 1.807) is 11.3 Å². The predicted octanol–water partition coefficient (Wildman–Crippen LogP) is 3.28. The Morgan fingerprint density at radius 3 is 2.79 bits per heavy atom. The van der Waals surface area contributed by atoms with E-state index in [1.165, 1.54) is 11.1 Å². The van der Waals surface area contributed by atoms with Crippen molar-refractivity contribution in [3.05, 3.63) is 46.2 Å². The van der Waals surface area contributed by atoms with Gasteiger partial charge in [-0.15, -0.1) is 0 Å². The van der Waals surface area contributed by atoms with Crippen molar-refractivity contribution >= 4 is 17.3 Å². The summed E-state index contributed by atoms with van der Waals surface area (Å²) >= 11 is 1.70. The molecular formula is C21H27N3O3S. The van der Waals surface area contributed by atoms with Gasteiger partial charge in [0.25, 0.3) is 0 Å². The van der Waals surface area contributed by atoms with Crippen LogP contribution in [0.4, 0.5) is 0 Å². The number of nitrogens with zero attached hydrogens (tertiary/aromatic N) is 1. The first kappa shape index (κ1) is 19.1. The lowest BCUT2D eigenvalue weighted by atomic mass is 9.74. The highest BCUT2D eigenvalue weighted by atomic mass is 32.1. The Bertz CT molecular complexity index is 801. The van der Waals surface area contributed by atoms with Gasteiger partial charge < -0.3 is 24.8 Å². The molecule has 0 unspecified atom stereocenters. The summed E-state index contributed by atoms with van der Waals surface area (Å²) in [6, 6.07) is 8.43. The van der Waals surface area contributed by atoms with Gasteiger partial charge in [-0.3, -0.25) is 0 Å². The van der Waals surface area contributed by atoms with E-state index >= 15 is 0 Å². The van der Waals surface area contributed by atoms with Crippen LogP contribution in [0.5, 0.6) is 11.5 Å². The van der Waals surface area contributed by atoms with Crippen LogP contribution < -0.4 is 20.1 Å². The lowest BCUT2D eigenvalue weighted by Crippen LogP contribution is -2.48. The van der Waals surface area contributed by atoms with E-state index in [0.29, 0.717) is 13.3 Å². The molecule has 2 aliphatic heterocycles. The van der Waals surface area contributed by atoms with Gasteiger partial charge in [0, 0.05) is 31.7 Å². The van der Waals surface area contributed by atoms with Crippen LogP contribution in [0, 0.1) is 0 Å². The van der Waals surface area contributed by atoms with Crippen LogP contribution in [0.15, 0.2) is 40.0 Å². The number of ether oxygens (including phenoxy) is 3. The van der Waals surface area contributed by atoms with E-state index < -0.39 is 0 Å². The third kappa shape index (κ3) is 4.25. The molecule has 1 aromatic heterocycles. The van der Waals surface area contributed by atoms with E-state index in [4.69, 9.17) is 19.2 Å². The summed E-state index contributed by atoms with van der Waals surface area (Å²) in [5.41, 5.74) is 2.48. The lowest BCUT2D eigenvalue weighted by Gasteiger charge is -2.38. The second-order valence-electron chi connectivity index (χ2n) is 7.14. The van der Waals surface area contributed by atoms with Crippen molar-refractivity contribution in [1.29, 1.82) is 0 Å². The zero-order chi connectivity index (χ0) is 19.2. The molecule has 3 heterocycles. The maximum Gasteiger partial charge on any atom is 0.231 e. The van der Waals surface area contributed by atoms with Gasteiger partial charge in [-0.1, -0.05) is 6.07 Å². The van der Waals surface area contributed by atoms with Crippen molar-refractivity contribution < 1.29 is 14.2 Å². The molecule has 28 heavy (non-hydrogen) atoms. The molecule has 1 saturated heterocycles. The second-order valence-corrected chi connectivity index (χ2v) is 7.92. The SMILES string of the molecule is CCNC(=NCc1ccsc1)NCC1(c2ccc3c(c2)OCO3)CCOCC1. The van der Waals surface area contributed by atoms with Crippen LogP contribution in [-0.2, 0) is 16.7 Å². The number of aliphatic imine (C=N–C) groups is 1. The normalized spacial score (nSPS) is 18.1. The number of fused-ring (bicyclic) bond motifs is 1. The van der Waals surface area contributed by atoms with Crippen LogP contribution in [0.1, 0.15) is 30.9 Å². The zero-order valence-corrected chi connectivity index (χ0v) is 17.0. The smallest absolute Gasteiger partial charge is 0.231 e. The van der Waals surface area contributed by atoms with Gasteiger partial charge in [-0.05, 0) is 59.9 Å². The number of rotatable bonds is 6. The first-order valence-electron chi connectivity index (χ1n) is 9.80. The molecule has 7 heteroatoms. The molecule has 2 aliphatic rings. The highest BCUT2D eigenvalue weighted by molar-refractivity contribution is 7.07. The molecule has 0 atom stereocenters. The fourth-order valence-corrected chi connectivity index (χ4v) is 4.36. The molecule has 4 rings (SSSR count). The van der Waals surface area contributed by atoms with Gasteiger partial charge in [0.1, 0.15) is 0 Å². The van der Waals surface area contributed by atoms with Crippen molar-refractivity contribution in [2.75, 3.05) is 33.1 Å². The molecule has 0 bridgehead atoms. The quantitative estimate of drug-likeness (QED) is 0.575. The molecule has 1 fully saturated rings. The number of benzene rings is 1. The number of nitrogens with one attached hydrogen (secondary N) is 2. The third-order valence-corrected chi connectivity index (χ3v) is 6.11. The largest absolute Gasteiger partial charge is 0.454 e. The van der Waals surface area contributed by atoms with Crippen LogP contribution >= 0.6 is 11.3 Å². The summed E-state index contributed by atoms with van der Waals surface area (Å²) in [7, 11) is 0. The predicted molar refractivity (Wildman–Crippen MR) is 111 cm³/mol. The third-order valence-electron chi connectivity index (χ3n) is 5.37. The van der Waals surface area contributed by atoms with Crippen molar-refractivity contribution in [3.63, 3.8) is 0 Å². The van der Waals surface area contributed by atoms with Crippen molar-refractivity contribution in [2.45, 2.75) is 31.7 Å². The average Bonchev–Trinajstić information content (AvgIpc) is 3.42. The van der Waals surface area contributed by atoms with E-state index in [-0.39, 0.29) is 5.41 Å². The Labute approximate surface area is 169 Å². The van der Waals surface area contributed by atoms with E-state index in [0.717, 1.165) is 56.6 Å². The van der Waals surface area contributed by atoms with Gasteiger partial charge in [0.05, 0.1) is 6.54 Å². The van der Waals surface area contributed by atoms with Gasteiger partial charge >= 0.3 is 0 Å². The van der Waals surface area contributed by atoms with Gasteiger partial charge in [0.15, 0.2) is 17.5 Å². The average molecular weight is 402 g/mol. The van der Waals surface area contributed by atoms with Crippen molar-refractivity contribution in [2.24, 2.45) is 4.99 Å². The summed E-state index contributed by atoms with van der Waals surface area (Å²) in [5, 5.41) is 11.2. The maximum atomic E-state index is 5.66. The van der Waals surface area contributed by atoms with E-state index in [1.807, 2.05) is 6.07 Å². The Balaban J connectivity index is 1.51. The van der Waals surface area contributed by atoms with E-state index in [2.05, 4.69) is 46.5 Å². The molecule has 150 valence electrons. The van der Waals surface area contributed by atoms with Crippen LogP contribution in [0.2, 0.25) is 0 Å². The first-order valence-corrected chi connectivity index (χ1v) is 10.7. The Morgan fingerprint density at radius 1 is 1.14 bits per heavy atom. The Morgan fingerprint density at radius 2 is 2.00 bits per heavy atom. The van der Waals surface area contributed by atoms with Crippen LogP contribution in [-0.4, -0.2) is 39.1 Å². The van der Waals surface area contributed by atoms with Crippen molar-refractivity contribution in [1.82, 2.24) is 10.6 Å². The van der Waals surface area contributed by atoms with Crippen molar-refractivity contribution in [3.8, 4) is 11.5 Å². The number of hydrogen-bond acceptors (Lipinski definition) is 5. The van der Waals surface area contributed by atoms with Crippen LogP contribution in [0.25, 0.3) is 0 Å². The number of guanidine groups is 1. The minimum absolute atomic E-state index is 0.0161. The highest BCUT2D eigenvalue weighted by Gasteiger charge is 2.35. The highest BCUT2D eigenvalue weighted by Crippen LogP contribution is 2.40. The molecule has 0 saturated carbocycles. The zero-order valence-electron chi connectivity index (χ0n) is 16.2.